The van der Waals surface area contributed by atoms with Crippen LogP contribution in [0.1, 0.15) is 118 Å². The molecule has 0 aliphatic heterocycles. The number of esters is 2. The van der Waals surface area contributed by atoms with E-state index in [1.54, 1.807) is 0 Å². The second-order valence-corrected chi connectivity index (χ2v) is 9.43. The molecule has 0 radical (unpaired) electrons. The van der Waals surface area contributed by atoms with Crippen LogP contribution in [0.3, 0.4) is 0 Å². The number of ether oxygens (including phenoxy) is 2. The van der Waals surface area contributed by atoms with Crippen molar-refractivity contribution in [1.29, 1.82) is 0 Å². The van der Waals surface area contributed by atoms with Crippen LogP contribution in [-0.4, -0.2) is 25.2 Å². The van der Waals surface area contributed by atoms with Crippen molar-refractivity contribution >= 4 is 11.9 Å². The van der Waals surface area contributed by atoms with Gasteiger partial charge in [0.15, 0.2) is 0 Å². The van der Waals surface area contributed by atoms with Gasteiger partial charge in [0.25, 0.3) is 0 Å². The molecular weight excluding hydrogens is 364 g/mol. The van der Waals surface area contributed by atoms with E-state index in [0.717, 1.165) is 25.7 Å². The topological polar surface area (TPSA) is 52.6 Å². The van der Waals surface area contributed by atoms with E-state index in [-0.39, 0.29) is 17.9 Å². The molecule has 0 amide bonds. The first-order valence-corrected chi connectivity index (χ1v) is 12.1. The summed E-state index contributed by atoms with van der Waals surface area (Å²) in [6, 6.07) is 0. The van der Waals surface area contributed by atoms with E-state index < -0.39 is 0 Å². The van der Waals surface area contributed by atoms with E-state index in [2.05, 4.69) is 27.7 Å². The standard InChI is InChI=1S/C25H48O4/c1-21(2)19-28-24(26)18-16-14-12-10-8-6-7-9-11-13-15-17-23(5)25(27)29-20-22(3)4/h21-23H,6-20H2,1-5H3. The van der Waals surface area contributed by atoms with Crippen molar-refractivity contribution in [3.8, 4) is 0 Å². The predicted octanol–water partition coefficient (Wildman–Crippen LogP) is 7.09. The normalized spacial score (nSPS) is 12.4. The van der Waals surface area contributed by atoms with Crippen molar-refractivity contribution in [1.82, 2.24) is 0 Å². The molecule has 0 aliphatic carbocycles. The maximum atomic E-state index is 11.8. The summed E-state index contributed by atoms with van der Waals surface area (Å²) in [5.74, 6) is 0.780. The van der Waals surface area contributed by atoms with Crippen molar-refractivity contribution < 1.29 is 19.1 Å². The molecule has 0 bridgehead atoms. The lowest BCUT2D eigenvalue weighted by Gasteiger charge is -2.12. The van der Waals surface area contributed by atoms with E-state index in [1.165, 1.54) is 51.4 Å². The molecule has 0 rings (SSSR count). The molecule has 1 atom stereocenters. The van der Waals surface area contributed by atoms with Crippen molar-refractivity contribution in [2.45, 2.75) is 118 Å². The zero-order valence-corrected chi connectivity index (χ0v) is 20.0. The monoisotopic (exact) mass is 412 g/mol. The van der Waals surface area contributed by atoms with Gasteiger partial charge in [0, 0.05) is 6.42 Å². The van der Waals surface area contributed by atoms with Crippen LogP contribution in [0.5, 0.6) is 0 Å². The van der Waals surface area contributed by atoms with Gasteiger partial charge in [-0.15, -0.1) is 0 Å². The van der Waals surface area contributed by atoms with Gasteiger partial charge < -0.3 is 9.47 Å². The van der Waals surface area contributed by atoms with E-state index in [1.807, 2.05) is 6.92 Å². The minimum absolute atomic E-state index is 0.0332. The Morgan fingerprint density at radius 2 is 1.00 bits per heavy atom. The lowest BCUT2D eigenvalue weighted by Crippen LogP contribution is -2.17. The molecule has 4 heteroatoms. The minimum atomic E-state index is -0.0412. The second kappa shape index (κ2) is 18.9. The van der Waals surface area contributed by atoms with Crippen LogP contribution in [0.2, 0.25) is 0 Å². The average molecular weight is 413 g/mol. The van der Waals surface area contributed by atoms with E-state index >= 15 is 0 Å². The lowest BCUT2D eigenvalue weighted by atomic mass is 10.0. The highest BCUT2D eigenvalue weighted by Crippen LogP contribution is 2.15. The molecule has 0 spiro atoms. The molecule has 0 N–H and O–H groups in total. The summed E-state index contributed by atoms with van der Waals surface area (Å²) >= 11 is 0. The number of carbonyl (C=O) groups excluding carboxylic acids is 2. The van der Waals surface area contributed by atoms with Crippen LogP contribution < -0.4 is 0 Å². The van der Waals surface area contributed by atoms with Gasteiger partial charge in [0.2, 0.25) is 0 Å². The maximum absolute atomic E-state index is 11.8. The zero-order valence-electron chi connectivity index (χ0n) is 20.0. The summed E-state index contributed by atoms with van der Waals surface area (Å²) in [6.45, 7) is 11.3. The van der Waals surface area contributed by atoms with Crippen LogP contribution in [-0.2, 0) is 19.1 Å². The predicted molar refractivity (Wildman–Crippen MR) is 121 cm³/mol. The van der Waals surface area contributed by atoms with Crippen molar-refractivity contribution in [3.63, 3.8) is 0 Å². The van der Waals surface area contributed by atoms with Crippen LogP contribution in [0.15, 0.2) is 0 Å². The highest BCUT2D eigenvalue weighted by atomic mass is 16.5. The SMILES string of the molecule is CC(C)COC(=O)CCCCCCCCCCCCCC(C)C(=O)OCC(C)C. The number of carbonyl (C=O) groups is 2. The quantitative estimate of drug-likeness (QED) is 0.168. The summed E-state index contributed by atoms with van der Waals surface area (Å²) in [5, 5.41) is 0. The smallest absolute Gasteiger partial charge is 0.308 e. The van der Waals surface area contributed by atoms with E-state index in [9.17, 15) is 9.59 Å². The third kappa shape index (κ3) is 20.0. The lowest BCUT2D eigenvalue weighted by molar-refractivity contribution is -0.149. The van der Waals surface area contributed by atoms with Crippen LogP contribution in [0.25, 0.3) is 0 Å². The molecule has 0 heterocycles. The fourth-order valence-corrected chi connectivity index (χ4v) is 3.15. The number of unbranched alkanes of at least 4 members (excludes halogenated alkanes) is 10. The fraction of sp³-hybridized carbons (Fsp3) is 0.920. The Kier molecular flexibility index (Phi) is 18.2. The molecule has 0 aliphatic rings. The molecule has 0 aromatic carbocycles. The van der Waals surface area contributed by atoms with Crippen LogP contribution >= 0.6 is 0 Å². The summed E-state index contributed by atoms with van der Waals surface area (Å²) in [7, 11) is 0. The Morgan fingerprint density at radius 3 is 1.48 bits per heavy atom. The molecule has 0 saturated heterocycles. The largest absolute Gasteiger partial charge is 0.465 e. The molecule has 4 nitrogen and oxygen atoms in total. The van der Waals surface area contributed by atoms with Gasteiger partial charge in [-0.25, -0.2) is 0 Å². The highest BCUT2D eigenvalue weighted by molar-refractivity contribution is 5.71. The first kappa shape index (κ1) is 27.9. The van der Waals surface area contributed by atoms with Crippen molar-refractivity contribution in [3.05, 3.63) is 0 Å². The Bertz CT molecular complexity index is 404. The number of hydrogen-bond acceptors (Lipinski definition) is 4. The molecule has 1 unspecified atom stereocenters. The molecule has 0 fully saturated rings. The van der Waals surface area contributed by atoms with Gasteiger partial charge in [0.05, 0.1) is 19.1 Å². The Hall–Kier alpha value is -1.06. The molecule has 0 aromatic rings. The van der Waals surface area contributed by atoms with Gasteiger partial charge in [0.1, 0.15) is 0 Å². The van der Waals surface area contributed by atoms with Gasteiger partial charge in [-0.1, -0.05) is 98.8 Å². The maximum Gasteiger partial charge on any atom is 0.308 e. The Balaban J connectivity index is 3.31. The zero-order chi connectivity index (χ0) is 21.9. The fourth-order valence-electron chi connectivity index (χ4n) is 3.15. The molecular formula is C25H48O4. The van der Waals surface area contributed by atoms with Crippen LogP contribution in [0.4, 0.5) is 0 Å². The van der Waals surface area contributed by atoms with Crippen molar-refractivity contribution in [2.75, 3.05) is 13.2 Å². The van der Waals surface area contributed by atoms with Gasteiger partial charge in [-0.2, -0.15) is 0 Å². The summed E-state index contributed by atoms with van der Waals surface area (Å²) in [5.41, 5.74) is 0. The summed E-state index contributed by atoms with van der Waals surface area (Å²) < 4.78 is 10.5. The molecule has 0 saturated carbocycles. The Labute approximate surface area is 180 Å². The summed E-state index contributed by atoms with van der Waals surface area (Å²) in [6.07, 6.45) is 14.9. The first-order chi connectivity index (χ1) is 13.8. The van der Waals surface area contributed by atoms with Crippen molar-refractivity contribution in [2.24, 2.45) is 17.8 Å². The molecule has 29 heavy (non-hydrogen) atoms. The van der Waals surface area contributed by atoms with E-state index in [4.69, 9.17) is 9.47 Å². The molecule has 172 valence electrons. The number of rotatable bonds is 19. The van der Waals surface area contributed by atoms with Crippen LogP contribution in [0, 0.1) is 17.8 Å². The Morgan fingerprint density at radius 1 is 0.586 bits per heavy atom. The van der Waals surface area contributed by atoms with Gasteiger partial charge in [-0.05, 0) is 24.7 Å². The first-order valence-electron chi connectivity index (χ1n) is 12.1. The number of hydrogen-bond donors (Lipinski definition) is 0. The summed E-state index contributed by atoms with van der Waals surface area (Å²) in [4.78, 5) is 23.3. The highest BCUT2D eigenvalue weighted by Gasteiger charge is 2.14. The van der Waals surface area contributed by atoms with Gasteiger partial charge in [-0.3, -0.25) is 9.59 Å². The second-order valence-electron chi connectivity index (χ2n) is 9.43. The average Bonchev–Trinajstić information content (AvgIpc) is 2.67. The third-order valence-electron chi connectivity index (χ3n) is 5.06. The van der Waals surface area contributed by atoms with Gasteiger partial charge >= 0.3 is 11.9 Å². The minimum Gasteiger partial charge on any atom is -0.465 e. The molecule has 0 aromatic heterocycles. The van der Waals surface area contributed by atoms with E-state index in [0.29, 0.717) is 31.5 Å². The third-order valence-corrected chi connectivity index (χ3v) is 5.06.